The molecule has 21 heavy (non-hydrogen) atoms. The number of rotatable bonds is 8. The molecule has 0 aliphatic carbocycles. The van der Waals surface area contributed by atoms with E-state index in [0.29, 0.717) is 11.9 Å². The second kappa shape index (κ2) is 7.96. The molecule has 0 aromatic rings. The maximum absolute atomic E-state index is 9.85. The van der Waals surface area contributed by atoms with Crippen LogP contribution >= 0.6 is 0 Å². The Hall–Kier alpha value is -0.850. The fraction of sp³-hybridized carbons (Fsp3) is 0.933. The fourth-order valence-electron chi connectivity index (χ4n) is 2.99. The van der Waals surface area contributed by atoms with Crippen molar-refractivity contribution in [1.82, 2.24) is 9.80 Å². The highest BCUT2D eigenvalue weighted by Gasteiger charge is 2.30. The lowest BCUT2D eigenvalue weighted by Gasteiger charge is -2.27. The Morgan fingerprint density at radius 3 is 2.62 bits per heavy atom. The van der Waals surface area contributed by atoms with Gasteiger partial charge in [-0.1, -0.05) is 25.4 Å². The van der Waals surface area contributed by atoms with Gasteiger partial charge < -0.3 is 20.9 Å². The molecule has 6 nitrogen and oxygen atoms in total. The van der Waals surface area contributed by atoms with Gasteiger partial charge in [-0.25, -0.2) is 0 Å². The number of likely N-dealkylation sites (N-methyl/N-ethyl adjacent to an activating group) is 1. The van der Waals surface area contributed by atoms with Crippen molar-refractivity contribution >= 4 is 5.84 Å². The number of nitrogens with zero attached hydrogens (tertiary/aromatic N) is 3. The number of hydrogen-bond acceptors (Lipinski definition) is 5. The first-order valence-electron chi connectivity index (χ1n) is 7.81. The quantitative estimate of drug-likeness (QED) is 0.204. The monoisotopic (exact) mass is 300 g/mol. The molecule has 0 amide bonds. The van der Waals surface area contributed by atoms with Crippen molar-refractivity contribution < 1.29 is 10.3 Å². The molecule has 0 radical (unpaired) electrons. The van der Waals surface area contributed by atoms with Gasteiger partial charge in [0.25, 0.3) is 0 Å². The van der Waals surface area contributed by atoms with E-state index in [1.54, 1.807) is 0 Å². The number of hydrogen-bond donors (Lipinski definition) is 3. The summed E-state index contributed by atoms with van der Waals surface area (Å²) in [5.74, 6) is 0.296. The van der Waals surface area contributed by atoms with Crippen LogP contribution in [-0.2, 0) is 0 Å². The van der Waals surface area contributed by atoms with E-state index in [0.717, 1.165) is 45.3 Å². The molecule has 0 aromatic carbocycles. The summed E-state index contributed by atoms with van der Waals surface area (Å²) < 4.78 is 0. The smallest absolute Gasteiger partial charge is 0.144 e. The Morgan fingerprint density at radius 2 is 2.05 bits per heavy atom. The zero-order valence-electron chi connectivity index (χ0n) is 13.9. The van der Waals surface area contributed by atoms with Crippen molar-refractivity contribution in [3.05, 3.63) is 0 Å². The zero-order chi connectivity index (χ0) is 16.0. The van der Waals surface area contributed by atoms with Gasteiger partial charge in [0.1, 0.15) is 5.84 Å². The van der Waals surface area contributed by atoms with Crippen LogP contribution in [0.3, 0.4) is 0 Å². The average molecular weight is 300 g/mol. The number of amidine groups is 1. The van der Waals surface area contributed by atoms with Crippen molar-refractivity contribution in [3.8, 4) is 0 Å². The molecule has 1 aliphatic rings. The summed E-state index contributed by atoms with van der Waals surface area (Å²) in [6.45, 7) is 6.77. The Bertz CT molecular complexity index is 345. The summed E-state index contributed by atoms with van der Waals surface area (Å²) in [6, 6.07) is 0.451. The molecule has 2 atom stereocenters. The number of oxime groups is 1. The van der Waals surface area contributed by atoms with Crippen molar-refractivity contribution in [3.63, 3.8) is 0 Å². The van der Waals surface area contributed by atoms with Gasteiger partial charge in [-0.15, -0.1) is 0 Å². The Labute approximate surface area is 128 Å². The first-order valence-corrected chi connectivity index (χ1v) is 7.81. The second-order valence-corrected chi connectivity index (χ2v) is 7.13. The highest BCUT2D eigenvalue weighted by molar-refractivity contribution is 5.85. The zero-order valence-corrected chi connectivity index (χ0v) is 13.9. The van der Waals surface area contributed by atoms with E-state index in [4.69, 9.17) is 10.9 Å². The third kappa shape index (κ3) is 5.80. The van der Waals surface area contributed by atoms with E-state index in [2.05, 4.69) is 29.1 Å². The van der Waals surface area contributed by atoms with Crippen LogP contribution in [0.5, 0.6) is 0 Å². The number of β-amino-alcohol motifs (C(OH)–C–C–N with tert-alkyl or cyclic N) is 1. The molecule has 1 aliphatic heterocycles. The van der Waals surface area contributed by atoms with Crippen LogP contribution in [0.4, 0.5) is 0 Å². The van der Waals surface area contributed by atoms with Gasteiger partial charge in [0, 0.05) is 24.5 Å². The van der Waals surface area contributed by atoms with E-state index in [9.17, 15) is 5.11 Å². The molecule has 1 saturated heterocycles. The molecule has 1 rings (SSSR count). The van der Waals surface area contributed by atoms with E-state index in [-0.39, 0.29) is 11.5 Å². The van der Waals surface area contributed by atoms with Gasteiger partial charge in [0.05, 0.1) is 6.10 Å². The Balaban J connectivity index is 2.34. The minimum Gasteiger partial charge on any atom is -0.409 e. The van der Waals surface area contributed by atoms with Crippen LogP contribution in [0.1, 0.15) is 39.5 Å². The van der Waals surface area contributed by atoms with Crippen LogP contribution in [0.15, 0.2) is 5.16 Å². The van der Waals surface area contributed by atoms with Gasteiger partial charge in [-0.2, -0.15) is 0 Å². The van der Waals surface area contributed by atoms with Crippen molar-refractivity contribution in [1.29, 1.82) is 0 Å². The normalized spacial score (nSPS) is 25.0. The summed E-state index contributed by atoms with van der Waals surface area (Å²) in [5, 5.41) is 21.7. The average Bonchev–Trinajstić information content (AvgIpc) is 2.73. The van der Waals surface area contributed by atoms with Gasteiger partial charge in [-0.05, 0) is 39.9 Å². The van der Waals surface area contributed by atoms with Gasteiger partial charge in [0.15, 0.2) is 0 Å². The topological polar surface area (TPSA) is 85.3 Å². The van der Waals surface area contributed by atoms with Crippen LogP contribution in [0, 0.1) is 5.41 Å². The summed E-state index contributed by atoms with van der Waals surface area (Å²) in [4.78, 5) is 4.57. The number of unbranched alkanes of at least 4 members (excludes halogenated alkanes) is 1. The highest BCUT2D eigenvalue weighted by atomic mass is 16.4. The van der Waals surface area contributed by atoms with E-state index >= 15 is 0 Å². The van der Waals surface area contributed by atoms with Crippen LogP contribution in [0.2, 0.25) is 0 Å². The first kappa shape index (κ1) is 18.2. The van der Waals surface area contributed by atoms with Crippen molar-refractivity contribution in [2.24, 2.45) is 16.3 Å². The SMILES string of the molecule is CN(C)CC1CC(O)CN1CCCCC(C)(C)C(N)=NO. The third-order valence-corrected chi connectivity index (χ3v) is 4.38. The third-order valence-electron chi connectivity index (χ3n) is 4.38. The maximum Gasteiger partial charge on any atom is 0.144 e. The largest absolute Gasteiger partial charge is 0.409 e. The standard InChI is InChI=1S/C15H32N4O2/c1-15(2,14(16)17-21)7-5-6-8-19-11-13(20)9-12(19)10-18(3)4/h12-13,20-21H,5-11H2,1-4H3,(H2,16,17). The van der Waals surface area contributed by atoms with E-state index in [1.165, 1.54) is 0 Å². The van der Waals surface area contributed by atoms with Gasteiger partial charge in [-0.3, -0.25) is 4.90 Å². The van der Waals surface area contributed by atoms with E-state index in [1.807, 2.05) is 13.8 Å². The summed E-state index contributed by atoms with van der Waals surface area (Å²) >= 11 is 0. The first-order chi connectivity index (χ1) is 9.76. The molecule has 4 N–H and O–H groups in total. The second-order valence-electron chi connectivity index (χ2n) is 7.13. The highest BCUT2D eigenvalue weighted by Crippen LogP contribution is 2.24. The molecular formula is C15H32N4O2. The molecule has 0 bridgehead atoms. The van der Waals surface area contributed by atoms with Crippen molar-refractivity contribution in [2.75, 3.05) is 33.7 Å². The lowest BCUT2D eigenvalue weighted by Crippen LogP contribution is -2.38. The lowest BCUT2D eigenvalue weighted by atomic mass is 9.86. The van der Waals surface area contributed by atoms with Crippen LogP contribution in [-0.4, -0.2) is 71.8 Å². The molecule has 124 valence electrons. The molecule has 1 fully saturated rings. The van der Waals surface area contributed by atoms with E-state index < -0.39 is 0 Å². The number of nitrogens with two attached hydrogens (primary N) is 1. The Morgan fingerprint density at radius 1 is 1.38 bits per heavy atom. The fourth-order valence-corrected chi connectivity index (χ4v) is 2.99. The molecular weight excluding hydrogens is 268 g/mol. The molecule has 1 heterocycles. The van der Waals surface area contributed by atoms with Gasteiger partial charge >= 0.3 is 0 Å². The minimum absolute atomic E-state index is 0.191. The molecule has 0 aromatic heterocycles. The predicted octanol–water partition coefficient (Wildman–Crippen LogP) is 0.926. The van der Waals surface area contributed by atoms with Crippen molar-refractivity contribution in [2.45, 2.75) is 51.7 Å². The number of aliphatic hydroxyl groups is 1. The predicted molar refractivity (Wildman–Crippen MR) is 85.6 cm³/mol. The molecule has 2 unspecified atom stereocenters. The Kier molecular flexibility index (Phi) is 6.90. The summed E-state index contributed by atoms with van der Waals surface area (Å²) in [6.07, 6.45) is 3.68. The molecule has 0 spiro atoms. The molecule has 0 saturated carbocycles. The number of likely N-dealkylation sites (tertiary alicyclic amines) is 1. The van der Waals surface area contributed by atoms with Crippen LogP contribution in [0.25, 0.3) is 0 Å². The minimum atomic E-state index is -0.262. The summed E-state index contributed by atoms with van der Waals surface area (Å²) in [7, 11) is 4.14. The van der Waals surface area contributed by atoms with Crippen LogP contribution < -0.4 is 5.73 Å². The maximum atomic E-state index is 9.85. The van der Waals surface area contributed by atoms with Gasteiger partial charge in [0.2, 0.25) is 0 Å². The summed E-state index contributed by atoms with van der Waals surface area (Å²) in [5.41, 5.74) is 5.44. The number of aliphatic hydroxyl groups excluding tert-OH is 1. The lowest BCUT2D eigenvalue weighted by molar-refractivity contribution is 0.171. The molecule has 6 heteroatoms.